The zero-order chi connectivity index (χ0) is 12.1. The number of guanidine groups is 1. The van der Waals surface area contributed by atoms with E-state index in [1.54, 1.807) is 7.05 Å². The van der Waals surface area contributed by atoms with Crippen molar-refractivity contribution in [3.05, 3.63) is 36.0 Å². The largest absolute Gasteiger partial charge is 0.359 e. The van der Waals surface area contributed by atoms with Gasteiger partial charge in [0.05, 0.1) is 0 Å². The minimum Gasteiger partial charge on any atom is -0.359 e. The highest BCUT2D eigenvalue weighted by Gasteiger charge is 2.00. The average molecular weight is 358 g/mol. The number of hydrogen-bond donors (Lipinski definition) is 3. The smallest absolute Gasteiger partial charge is 0.190 e. The topological polar surface area (TPSA) is 52.2 Å². The van der Waals surface area contributed by atoms with Crippen LogP contribution in [0.2, 0.25) is 0 Å². The van der Waals surface area contributed by atoms with E-state index < -0.39 is 0 Å². The molecule has 2 aromatic rings. The lowest BCUT2D eigenvalue weighted by Gasteiger charge is -2.06. The summed E-state index contributed by atoms with van der Waals surface area (Å²) < 4.78 is 0. The van der Waals surface area contributed by atoms with Crippen LogP contribution in [-0.2, 0) is 6.42 Å². The van der Waals surface area contributed by atoms with Crippen molar-refractivity contribution >= 4 is 40.8 Å². The van der Waals surface area contributed by atoms with Crippen LogP contribution >= 0.6 is 24.0 Å². The third kappa shape index (κ3) is 3.63. The van der Waals surface area contributed by atoms with Crippen LogP contribution < -0.4 is 10.6 Å². The Kier molecular flexibility index (Phi) is 5.97. The molecule has 0 fully saturated rings. The Hall–Kier alpha value is -1.24. The van der Waals surface area contributed by atoms with Gasteiger partial charge in [0.25, 0.3) is 0 Å². The molecule has 1 aromatic carbocycles. The number of hydrogen-bond acceptors (Lipinski definition) is 1. The molecular formula is C13H19IN4. The molecule has 0 aliphatic rings. The van der Waals surface area contributed by atoms with E-state index in [9.17, 15) is 0 Å². The molecule has 3 N–H and O–H groups in total. The molecular weight excluding hydrogens is 339 g/mol. The molecule has 0 spiro atoms. The van der Waals surface area contributed by atoms with Gasteiger partial charge in [-0.05, 0) is 17.5 Å². The highest BCUT2D eigenvalue weighted by molar-refractivity contribution is 14.0. The summed E-state index contributed by atoms with van der Waals surface area (Å²) in [7, 11) is 3.63. The number of rotatable bonds is 3. The van der Waals surface area contributed by atoms with E-state index in [-0.39, 0.29) is 24.0 Å². The third-order valence-corrected chi connectivity index (χ3v) is 2.73. The van der Waals surface area contributed by atoms with Gasteiger partial charge < -0.3 is 15.6 Å². The number of para-hydroxylation sites is 1. The van der Waals surface area contributed by atoms with Crippen LogP contribution in [0.5, 0.6) is 0 Å². The molecule has 0 saturated heterocycles. The molecule has 0 aliphatic heterocycles. The molecule has 18 heavy (non-hydrogen) atoms. The number of halogens is 1. The molecule has 98 valence electrons. The zero-order valence-electron chi connectivity index (χ0n) is 10.7. The van der Waals surface area contributed by atoms with Gasteiger partial charge in [0.2, 0.25) is 0 Å². The van der Waals surface area contributed by atoms with Gasteiger partial charge in [0, 0.05) is 38.3 Å². The number of nitrogens with one attached hydrogen (secondary N) is 3. The fraction of sp³-hybridized carbons (Fsp3) is 0.308. The first kappa shape index (κ1) is 14.8. The van der Waals surface area contributed by atoms with Crippen molar-refractivity contribution in [2.24, 2.45) is 4.99 Å². The van der Waals surface area contributed by atoms with Gasteiger partial charge >= 0.3 is 0 Å². The predicted molar refractivity (Wildman–Crippen MR) is 87.8 cm³/mol. The molecule has 2 rings (SSSR count). The molecule has 0 radical (unpaired) electrons. The van der Waals surface area contributed by atoms with Gasteiger partial charge in [0.1, 0.15) is 0 Å². The SMILES string of the molecule is CN=C(NC)NCCc1cc2ccccc2[nH]1.I. The maximum Gasteiger partial charge on any atom is 0.190 e. The molecule has 1 heterocycles. The van der Waals surface area contributed by atoms with Gasteiger partial charge in [-0.15, -0.1) is 24.0 Å². The second-order valence-corrected chi connectivity index (χ2v) is 3.88. The van der Waals surface area contributed by atoms with Crippen LogP contribution in [0.25, 0.3) is 10.9 Å². The minimum atomic E-state index is 0. The summed E-state index contributed by atoms with van der Waals surface area (Å²) >= 11 is 0. The quantitative estimate of drug-likeness (QED) is 0.447. The third-order valence-electron chi connectivity index (χ3n) is 2.73. The van der Waals surface area contributed by atoms with E-state index in [1.165, 1.54) is 16.6 Å². The van der Waals surface area contributed by atoms with Crippen LogP contribution in [0.15, 0.2) is 35.3 Å². The summed E-state index contributed by atoms with van der Waals surface area (Å²) in [6.07, 6.45) is 0.954. The normalized spacial score (nSPS) is 11.1. The zero-order valence-corrected chi connectivity index (χ0v) is 13.0. The van der Waals surface area contributed by atoms with Crippen LogP contribution in [0.3, 0.4) is 0 Å². The summed E-state index contributed by atoms with van der Waals surface area (Å²) in [5.41, 5.74) is 2.44. The van der Waals surface area contributed by atoms with Gasteiger partial charge in [-0.3, -0.25) is 4.99 Å². The Balaban J connectivity index is 0.00000162. The predicted octanol–water partition coefficient (Wildman–Crippen LogP) is 2.12. The first-order chi connectivity index (χ1) is 8.33. The van der Waals surface area contributed by atoms with E-state index in [0.717, 1.165) is 18.9 Å². The summed E-state index contributed by atoms with van der Waals surface area (Å²) in [6, 6.07) is 10.5. The maximum absolute atomic E-state index is 4.06. The summed E-state index contributed by atoms with van der Waals surface area (Å²) in [5, 5.41) is 7.49. The van der Waals surface area contributed by atoms with Crippen LogP contribution in [0, 0.1) is 0 Å². The summed E-state index contributed by atoms with van der Waals surface area (Å²) in [6.45, 7) is 0.861. The second kappa shape index (κ2) is 7.25. The fourth-order valence-electron chi connectivity index (χ4n) is 1.86. The number of benzene rings is 1. The highest BCUT2D eigenvalue weighted by Crippen LogP contribution is 2.14. The molecule has 1 aromatic heterocycles. The Morgan fingerprint density at radius 3 is 2.78 bits per heavy atom. The summed E-state index contributed by atoms with van der Waals surface area (Å²) in [5.74, 6) is 0.820. The number of nitrogens with zero attached hydrogens (tertiary/aromatic N) is 1. The molecule has 0 atom stereocenters. The van der Waals surface area contributed by atoms with Crippen molar-refractivity contribution in [2.45, 2.75) is 6.42 Å². The van der Waals surface area contributed by atoms with Gasteiger partial charge in [-0.2, -0.15) is 0 Å². The lowest BCUT2D eigenvalue weighted by Crippen LogP contribution is -2.35. The van der Waals surface area contributed by atoms with Crippen molar-refractivity contribution in [1.82, 2.24) is 15.6 Å². The Morgan fingerprint density at radius 1 is 1.33 bits per heavy atom. The molecule has 0 aliphatic carbocycles. The van der Waals surface area contributed by atoms with Gasteiger partial charge in [-0.1, -0.05) is 18.2 Å². The van der Waals surface area contributed by atoms with E-state index >= 15 is 0 Å². The van der Waals surface area contributed by atoms with Gasteiger partial charge in [-0.25, -0.2) is 0 Å². The second-order valence-electron chi connectivity index (χ2n) is 3.88. The van der Waals surface area contributed by atoms with Crippen molar-refractivity contribution in [1.29, 1.82) is 0 Å². The lowest BCUT2D eigenvalue weighted by molar-refractivity contribution is 0.822. The number of H-pyrrole nitrogens is 1. The molecule has 0 bridgehead atoms. The molecule has 4 nitrogen and oxygen atoms in total. The van der Waals surface area contributed by atoms with Gasteiger partial charge in [0.15, 0.2) is 5.96 Å². The van der Waals surface area contributed by atoms with Crippen LogP contribution in [0.4, 0.5) is 0 Å². The molecule has 0 saturated carbocycles. The number of fused-ring (bicyclic) bond motifs is 1. The Morgan fingerprint density at radius 2 is 2.11 bits per heavy atom. The first-order valence-corrected chi connectivity index (χ1v) is 5.78. The molecule has 0 amide bonds. The lowest BCUT2D eigenvalue weighted by atomic mass is 10.2. The Bertz CT molecular complexity index is 485. The standard InChI is InChI=1S/C13H18N4.HI/c1-14-13(15-2)16-8-7-11-9-10-5-3-4-6-12(10)17-11;/h3-6,9,17H,7-8H2,1-2H3,(H2,14,15,16);1H. The number of aromatic nitrogens is 1. The Labute approximate surface area is 124 Å². The fourth-order valence-corrected chi connectivity index (χ4v) is 1.86. The van der Waals surface area contributed by atoms with E-state index in [2.05, 4.69) is 44.9 Å². The van der Waals surface area contributed by atoms with E-state index in [4.69, 9.17) is 0 Å². The van der Waals surface area contributed by atoms with Crippen molar-refractivity contribution in [3.8, 4) is 0 Å². The van der Waals surface area contributed by atoms with Crippen molar-refractivity contribution in [3.63, 3.8) is 0 Å². The van der Waals surface area contributed by atoms with Crippen LogP contribution in [0.1, 0.15) is 5.69 Å². The maximum atomic E-state index is 4.06. The monoisotopic (exact) mass is 358 g/mol. The minimum absolute atomic E-state index is 0. The first-order valence-electron chi connectivity index (χ1n) is 5.78. The number of aliphatic imine (C=N–C) groups is 1. The average Bonchev–Trinajstić information content (AvgIpc) is 2.77. The highest BCUT2D eigenvalue weighted by atomic mass is 127. The van der Waals surface area contributed by atoms with E-state index in [0.29, 0.717) is 0 Å². The molecule has 5 heteroatoms. The van der Waals surface area contributed by atoms with Crippen LogP contribution in [-0.4, -0.2) is 31.6 Å². The van der Waals surface area contributed by atoms with Crippen molar-refractivity contribution in [2.75, 3.05) is 20.6 Å². The molecule has 0 unspecified atom stereocenters. The number of aromatic amines is 1. The van der Waals surface area contributed by atoms with Crippen molar-refractivity contribution < 1.29 is 0 Å². The van der Waals surface area contributed by atoms with E-state index in [1.807, 2.05) is 13.1 Å². The summed E-state index contributed by atoms with van der Waals surface area (Å²) in [4.78, 5) is 7.47.